The molecule has 29 heavy (non-hydrogen) atoms. The van der Waals surface area contributed by atoms with Crippen LogP contribution in [-0.2, 0) is 6.42 Å². The van der Waals surface area contributed by atoms with E-state index >= 15 is 0 Å². The molecule has 0 amide bonds. The summed E-state index contributed by atoms with van der Waals surface area (Å²) >= 11 is 0. The van der Waals surface area contributed by atoms with Crippen molar-refractivity contribution in [2.75, 3.05) is 5.73 Å². The maximum atomic E-state index is 6.19. The number of hydrogen-bond acceptors (Lipinski definition) is 2. The molecule has 2 nitrogen and oxygen atoms in total. The molecule has 0 unspecified atom stereocenters. The number of nitrogen functional groups attached to an aromatic ring is 1. The molecule has 1 aromatic heterocycles. The van der Waals surface area contributed by atoms with Gasteiger partial charge in [-0.25, -0.2) is 4.98 Å². The molecule has 0 fully saturated rings. The molecule has 160 valence electrons. The third kappa shape index (κ3) is 9.47. The van der Waals surface area contributed by atoms with E-state index in [0.29, 0.717) is 5.82 Å². The fourth-order valence-corrected chi connectivity index (χ4v) is 4.18. The minimum Gasteiger partial charge on any atom is -0.383 e. The Morgan fingerprint density at radius 3 is 1.72 bits per heavy atom. The van der Waals surface area contributed by atoms with Crippen LogP contribution in [-0.4, -0.2) is 4.98 Å². The summed E-state index contributed by atoms with van der Waals surface area (Å²) in [6.07, 6.45) is 22.5. The van der Waals surface area contributed by atoms with Crippen LogP contribution >= 0.6 is 0 Å². The highest BCUT2D eigenvalue weighted by atomic mass is 14.8. The molecular formula is C27H42N2. The average molecular weight is 395 g/mol. The Hall–Kier alpha value is -1.83. The van der Waals surface area contributed by atoms with Gasteiger partial charge in [0.15, 0.2) is 0 Å². The molecule has 2 aromatic rings. The minimum absolute atomic E-state index is 0.652. The van der Waals surface area contributed by atoms with Crippen LogP contribution in [0.5, 0.6) is 0 Å². The zero-order chi connectivity index (χ0) is 20.6. The number of aromatic nitrogens is 1. The Balaban J connectivity index is 1.54. The first-order chi connectivity index (χ1) is 14.3. The Bertz CT molecular complexity index is 651. The molecule has 2 rings (SSSR count). The molecule has 1 heterocycles. The van der Waals surface area contributed by atoms with E-state index in [1.54, 1.807) is 0 Å². The molecule has 1 aromatic carbocycles. The van der Waals surface area contributed by atoms with Gasteiger partial charge in [0, 0.05) is 11.8 Å². The highest BCUT2D eigenvalue weighted by Crippen LogP contribution is 2.29. The molecule has 0 bridgehead atoms. The number of anilines is 1. The fourth-order valence-electron chi connectivity index (χ4n) is 4.18. The first-order valence-electron chi connectivity index (χ1n) is 12.1. The van der Waals surface area contributed by atoms with Gasteiger partial charge in [-0.2, -0.15) is 0 Å². The lowest BCUT2D eigenvalue weighted by Crippen LogP contribution is -1.99. The summed E-state index contributed by atoms with van der Waals surface area (Å²) in [6.45, 7) is 2.29. The summed E-state index contributed by atoms with van der Waals surface area (Å²) in [4.78, 5) is 4.31. The summed E-state index contributed by atoms with van der Waals surface area (Å²) in [7, 11) is 0. The van der Waals surface area contributed by atoms with Crippen LogP contribution < -0.4 is 5.73 Å². The first-order valence-corrected chi connectivity index (χ1v) is 12.1. The third-order valence-electron chi connectivity index (χ3n) is 5.93. The first kappa shape index (κ1) is 23.4. The molecule has 0 saturated carbocycles. The van der Waals surface area contributed by atoms with Crippen LogP contribution in [0, 0.1) is 0 Å². The van der Waals surface area contributed by atoms with Gasteiger partial charge < -0.3 is 5.73 Å². The topological polar surface area (TPSA) is 38.9 Å². The quantitative estimate of drug-likeness (QED) is 0.290. The lowest BCUT2D eigenvalue weighted by Gasteiger charge is -2.12. The Morgan fingerprint density at radius 2 is 1.17 bits per heavy atom. The number of nitrogens with zero attached hydrogens (tertiary/aromatic N) is 1. The zero-order valence-electron chi connectivity index (χ0n) is 18.7. The Labute approximate surface area is 179 Å². The number of benzene rings is 1. The summed E-state index contributed by atoms with van der Waals surface area (Å²) < 4.78 is 0. The van der Waals surface area contributed by atoms with Gasteiger partial charge in [0.2, 0.25) is 0 Å². The van der Waals surface area contributed by atoms with Gasteiger partial charge in [-0.05, 0) is 30.0 Å². The second-order valence-electron chi connectivity index (χ2n) is 8.44. The molecular weight excluding hydrogens is 352 g/mol. The molecule has 2 heteroatoms. The third-order valence-corrected chi connectivity index (χ3v) is 5.93. The molecule has 0 aliphatic carbocycles. The maximum absolute atomic E-state index is 6.19. The van der Waals surface area contributed by atoms with Crippen molar-refractivity contribution in [3.8, 4) is 11.1 Å². The van der Waals surface area contributed by atoms with Crippen molar-refractivity contribution in [3.63, 3.8) is 0 Å². The van der Waals surface area contributed by atoms with Crippen LogP contribution in [0.1, 0.15) is 102 Å². The molecule has 0 radical (unpaired) electrons. The van der Waals surface area contributed by atoms with Gasteiger partial charge >= 0.3 is 0 Å². The minimum atomic E-state index is 0.652. The number of rotatable bonds is 16. The molecule has 0 spiro atoms. The summed E-state index contributed by atoms with van der Waals surface area (Å²) in [5.41, 5.74) is 9.83. The SMILES string of the molecule is CCCCCCCCCCCCCCCCc1ccnc(N)c1-c1ccccc1. The summed E-state index contributed by atoms with van der Waals surface area (Å²) in [6, 6.07) is 12.6. The smallest absolute Gasteiger partial charge is 0.131 e. The van der Waals surface area contributed by atoms with Crippen LogP contribution in [0.2, 0.25) is 0 Å². The number of hydrogen-bond donors (Lipinski definition) is 1. The second kappa shape index (κ2) is 15.1. The van der Waals surface area contributed by atoms with E-state index in [1.165, 1.54) is 101 Å². The van der Waals surface area contributed by atoms with Crippen LogP contribution in [0.3, 0.4) is 0 Å². The zero-order valence-corrected chi connectivity index (χ0v) is 18.7. The van der Waals surface area contributed by atoms with Crippen LogP contribution in [0.4, 0.5) is 5.82 Å². The van der Waals surface area contributed by atoms with Crippen molar-refractivity contribution in [2.45, 2.75) is 103 Å². The van der Waals surface area contributed by atoms with Gasteiger partial charge in [0.05, 0.1) is 0 Å². The van der Waals surface area contributed by atoms with Crippen molar-refractivity contribution < 1.29 is 0 Å². The van der Waals surface area contributed by atoms with Crippen molar-refractivity contribution in [3.05, 3.63) is 48.2 Å². The van der Waals surface area contributed by atoms with E-state index < -0.39 is 0 Å². The largest absolute Gasteiger partial charge is 0.383 e. The monoisotopic (exact) mass is 394 g/mol. The predicted molar refractivity (Wildman–Crippen MR) is 128 cm³/mol. The number of aryl methyl sites for hydroxylation is 1. The average Bonchev–Trinajstić information content (AvgIpc) is 2.74. The van der Waals surface area contributed by atoms with Gasteiger partial charge in [-0.1, -0.05) is 121 Å². The highest BCUT2D eigenvalue weighted by molar-refractivity contribution is 5.76. The molecule has 0 aliphatic rings. The molecule has 0 aliphatic heterocycles. The second-order valence-corrected chi connectivity index (χ2v) is 8.44. The van der Waals surface area contributed by atoms with Gasteiger partial charge in [-0.15, -0.1) is 0 Å². The predicted octanol–water partition coefficient (Wildman–Crippen LogP) is 8.35. The normalized spacial score (nSPS) is 11.1. The van der Waals surface area contributed by atoms with Crippen molar-refractivity contribution in [2.24, 2.45) is 0 Å². The van der Waals surface area contributed by atoms with Gasteiger partial charge in [-0.3, -0.25) is 0 Å². The molecule has 2 N–H and O–H groups in total. The lowest BCUT2D eigenvalue weighted by atomic mass is 9.96. The number of nitrogens with two attached hydrogens (primary N) is 1. The van der Waals surface area contributed by atoms with Crippen molar-refractivity contribution in [1.82, 2.24) is 4.98 Å². The fraction of sp³-hybridized carbons (Fsp3) is 0.593. The van der Waals surface area contributed by atoms with E-state index in [4.69, 9.17) is 5.73 Å². The van der Waals surface area contributed by atoms with E-state index in [1.807, 2.05) is 12.3 Å². The number of pyridine rings is 1. The van der Waals surface area contributed by atoms with Gasteiger partial charge in [0.25, 0.3) is 0 Å². The Morgan fingerprint density at radius 1 is 0.655 bits per heavy atom. The Kier molecular flexibility index (Phi) is 12.2. The van der Waals surface area contributed by atoms with Gasteiger partial charge in [0.1, 0.15) is 5.82 Å². The van der Waals surface area contributed by atoms with Crippen LogP contribution in [0.25, 0.3) is 11.1 Å². The standard InChI is InChI=1S/C27H42N2/c1-2-3-4-5-6-7-8-9-10-11-12-13-14-16-21-25-22-23-29-27(28)26(25)24-19-17-15-18-20-24/h15,17-20,22-23H,2-14,16,21H2,1H3,(H2,28,29). The summed E-state index contributed by atoms with van der Waals surface area (Å²) in [5, 5.41) is 0. The van der Waals surface area contributed by atoms with Crippen molar-refractivity contribution in [1.29, 1.82) is 0 Å². The summed E-state index contributed by atoms with van der Waals surface area (Å²) in [5.74, 6) is 0.652. The van der Waals surface area contributed by atoms with Crippen molar-refractivity contribution >= 4 is 5.82 Å². The number of unbranched alkanes of at least 4 members (excludes halogenated alkanes) is 13. The van der Waals surface area contributed by atoms with E-state index in [9.17, 15) is 0 Å². The molecule has 0 atom stereocenters. The maximum Gasteiger partial charge on any atom is 0.131 e. The highest BCUT2D eigenvalue weighted by Gasteiger charge is 2.09. The molecule has 0 saturated heterocycles. The lowest BCUT2D eigenvalue weighted by molar-refractivity contribution is 0.535. The van der Waals surface area contributed by atoms with E-state index in [0.717, 1.165) is 12.0 Å². The van der Waals surface area contributed by atoms with E-state index in [-0.39, 0.29) is 0 Å². The van der Waals surface area contributed by atoms with Crippen LogP contribution in [0.15, 0.2) is 42.6 Å². The van der Waals surface area contributed by atoms with E-state index in [2.05, 4.69) is 42.2 Å².